The molecule has 1 heterocycles. The normalized spacial score (nSPS) is 18.0. The average molecular weight is 313 g/mol. The van der Waals surface area contributed by atoms with Crippen LogP contribution in [0.1, 0.15) is 65.2 Å². The number of hydrogen-bond donors (Lipinski definition) is 1. The van der Waals surface area contributed by atoms with Gasteiger partial charge in [0.15, 0.2) is 5.78 Å². The summed E-state index contributed by atoms with van der Waals surface area (Å²) in [5.41, 5.74) is 5.42. The van der Waals surface area contributed by atoms with E-state index >= 15 is 0 Å². The summed E-state index contributed by atoms with van der Waals surface area (Å²) in [5.74, 6) is -4.69. The van der Waals surface area contributed by atoms with Gasteiger partial charge in [0.05, 0.1) is 0 Å². The first-order valence-corrected chi connectivity index (χ1v) is 8.06. The number of cyclic esters (lactones) is 2. The number of carbonyl (C=O) groups excluding carboxylic acids is 3. The van der Waals surface area contributed by atoms with Crippen LogP contribution in [0.15, 0.2) is 0 Å². The highest BCUT2D eigenvalue weighted by atomic mass is 16.7. The first-order chi connectivity index (χ1) is 10.4. The van der Waals surface area contributed by atoms with E-state index in [9.17, 15) is 14.4 Å². The lowest BCUT2D eigenvalue weighted by atomic mass is 9.97. The van der Waals surface area contributed by atoms with Gasteiger partial charge in [-0.3, -0.25) is 14.4 Å². The van der Waals surface area contributed by atoms with Crippen LogP contribution >= 0.6 is 0 Å². The molecule has 0 bridgehead atoms. The molecule has 0 aliphatic carbocycles. The molecule has 1 aliphatic rings. The third kappa shape index (κ3) is 6.13. The summed E-state index contributed by atoms with van der Waals surface area (Å²) in [6.45, 7) is 3.67. The van der Waals surface area contributed by atoms with Crippen LogP contribution in [0, 0.1) is 5.92 Å². The molecular weight excluding hydrogens is 286 g/mol. The molecule has 1 aliphatic heterocycles. The van der Waals surface area contributed by atoms with E-state index in [0.29, 0.717) is 6.42 Å². The fourth-order valence-electron chi connectivity index (χ4n) is 2.45. The third-order valence-electron chi connectivity index (χ3n) is 3.61. The largest absolute Gasteiger partial charge is 0.422 e. The van der Waals surface area contributed by atoms with Gasteiger partial charge in [0, 0.05) is 20.3 Å². The number of unbranched alkanes of at least 4 members (excludes halogenated alkanes) is 6. The van der Waals surface area contributed by atoms with Gasteiger partial charge >= 0.3 is 11.9 Å². The van der Waals surface area contributed by atoms with Crippen molar-refractivity contribution in [3.63, 3.8) is 0 Å². The second-order valence-electron chi connectivity index (χ2n) is 6.15. The number of Topliss-reactive ketones (excluding diaryl/α,β-unsaturated/α-hetero) is 1. The number of ether oxygens (including phenoxy) is 2. The number of rotatable bonds is 10. The molecule has 1 rings (SSSR count). The Labute approximate surface area is 131 Å². The van der Waals surface area contributed by atoms with Crippen LogP contribution in [0.2, 0.25) is 0 Å². The predicted octanol–water partition coefficient (Wildman–Crippen LogP) is 2.09. The van der Waals surface area contributed by atoms with E-state index in [2.05, 4.69) is 0 Å². The number of nitrogens with two attached hydrogens (primary N) is 1. The van der Waals surface area contributed by atoms with Crippen molar-refractivity contribution in [3.05, 3.63) is 0 Å². The van der Waals surface area contributed by atoms with E-state index in [1.54, 1.807) is 0 Å². The van der Waals surface area contributed by atoms with Crippen molar-refractivity contribution in [1.82, 2.24) is 0 Å². The van der Waals surface area contributed by atoms with Crippen LogP contribution in [0.5, 0.6) is 0 Å². The molecule has 0 amide bonds. The Hall–Kier alpha value is -1.43. The Bertz CT molecular complexity index is 385. The first kappa shape index (κ1) is 18.6. The molecule has 0 atom stereocenters. The van der Waals surface area contributed by atoms with Crippen molar-refractivity contribution < 1.29 is 23.9 Å². The molecular formula is C16H27NO5. The second-order valence-corrected chi connectivity index (χ2v) is 6.15. The Morgan fingerprint density at radius 2 is 1.41 bits per heavy atom. The predicted molar refractivity (Wildman–Crippen MR) is 80.8 cm³/mol. The summed E-state index contributed by atoms with van der Waals surface area (Å²) in [6.07, 6.45) is 7.32. The van der Waals surface area contributed by atoms with Gasteiger partial charge in [-0.15, -0.1) is 0 Å². The van der Waals surface area contributed by atoms with E-state index in [0.717, 1.165) is 45.1 Å². The van der Waals surface area contributed by atoms with Crippen LogP contribution in [0.4, 0.5) is 0 Å². The number of carbonyl (C=O) groups is 3. The summed E-state index contributed by atoms with van der Waals surface area (Å²) in [4.78, 5) is 35.5. The fraction of sp³-hybridized carbons (Fsp3) is 0.812. The zero-order valence-electron chi connectivity index (χ0n) is 13.6. The minimum Gasteiger partial charge on any atom is -0.422 e. The van der Waals surface area contributed by atoms with Crippen LogP contribution in [-0.4, -0.2) is 30.1 Å². The smallest absolute Gasteiger partial charge is 0.331 e. The first-order valence-electron chi connectivity index (χ1n) is 8.06. The maximum absolute atomic E-state index is 12.0. The third-order valence-corrected chi connectivity index (χ3v) is 3.61. The molecule has 1 fully saturated rings. The molecule has 6 heteroatoms. The molecule has 0 aromatic rings. The van der Waals surface area contributed by atoms with Gasteiger partial charge in [-0.1, -0.05) is 32.1 Å². The van der Waals surface area contributed by atoms with Gasteiger partial charge in [-0.05, 0) is 19.4 Å². The molecule has 0 aromatic heterocycles. The van der Waals surface area contributed by atoms with Gasteiger partial charge in [0.25, 0.3) is 5.79 Å². The van der Waals surface area contributed by atoms with E-state index in [4.69, 9.17) is 15.2 Å². The second kappa shape index (κ2) is 8.88. The average Bonchev–Trinajstić information content (AvgIpc) is 2.39. The zero-order chi connectivity index (χ0) is 16.6. The Morgan fingerprint density at radius 3 is 1.91 bits per heavy atom. The summed E-state index contributed by atoms with van der Waals surface area (Å²) in [5, 5.41) is 0. The lowest BCUT2D eigenvalue weighted by Crippen LogP contribution is -2.49. The molecule has 22 heavy (non-hydrogen) atoms. The van der Waals surface area contributed by atoms with Gasteiger partial charge in [-0.2, -0.15) is 0 Å². The van der Waals surface area contributed by atoms with Gasteiger partial charge in [0.2, 0.25) is 5.92 Å². The molecule has 0 unspecified atom stereocenters. The molecule has 0 spiro atoms. The maximum Gasteiger partial charge on any atom is 0.331 e. The van der Waals surface area contributed by atoms with Crippen LogP contribution < -0.4 is 5.73 Å². The monoisotopic (exact) mass is 313 g/mol. The van der Waals surface area contributed by atoms with Crippen LogP contribution in [-0.2, 0) is 23.9 Å². The Kier molecular flexibility index (Phi) is 7.51. The highest BCUT2D eigenvalue weighted by molar-refractivity contribution is 6.15. The lowest BCUT2D eigenvalue weighted by Gasteiger charge is -2.32. The molecule has 2 N–H and O–H groups in total. The Balaban J connectivity index is 2.22. The van der Waals surface area contributed by atoms with Crippen molar-refractivity contribution in [3.8, 4) is 0 Å². The summed E-state index contributed by atoms with van der Waals surface area (Å²) in [7, 11) is 0. The molecule has 1 saturated heterocycles. The Morgan fingerprint density at radius 1 is 0.955 bits per heavy atom. The molecule has 126 valence electrons. The van der Waals surface area contributed by atoms with E-state index in [1.165, 1.54) is 13.8 Å². The summed E-state index contributed by atoms with van der Waals surface area (Å²) >= 11 is 0. The van der Waals surface area contributed by atoms with Crippen molar-refractivity contribution >= 4 is 17.7 Å². The standard InChI is InChI=1S/C16H27NO5/c1-16(2)21-14(19)13(15(20)22-16)12(18)10-8-6-4-3-5-7-9-11-17/h13H,3-11,17H2,1-2H3. The van der Waals surface area contributed by atoms with Crippen LogP contribution in [0.3, 0.4) is 0 Å². The molecule has 6 nitrogen and oxygen atoms in total. The minimum atomic E-state index is -1.41. The lowest BCUT2D eigenvalue weighted by molar-refractivity contribution is -0.238. The van der Waals surface area contributed by atoms with E-state index in [1.807, 2.05) is 0 Å². The molecule has 0 saturated carbocycles. The molecule has 0 aromatic carbocycles. The van der Waals surface area contributed by atoms with Crippen LogP contribution in [0.25, 0.3) is 0 Å². The van der Waals surface area contributed by atoms with Gasteiger partial charge < -0.3 is 15.2 Å². The highest BCUT2D eigenvalue weighted by Crippen LogP contribution is 2.24. The van der Waals surface area contributed by atoms with Crippen molar-refractivity contribution in [2.75, 3.05) is 6.54 Å². The number of ketones is 1. The highest BCUT2D eigenvalue weighted by Gasteiger charge is 2.46. The van der Waals surface area contributed by atoms with E-state index < -0.39 is 29.4 Å². The SMILES string of the molecule is CC1(C)OC(=O)C(C(=O)CCCCCCCCCN)C(=O)O1. The number of esters is 2. The van der Waals surface area contributed by atoms with Gasteiger partial charge in [-0.25, -0.2) is 0 Å². The van der Waals surface area contributed by atoms with Gasteiger partial charge in [0.1, 0.15) is 0 Å². The summed E-state index contributed by atoms with van der Waals surface area (Å²) in [6, 6.07) is 0. The molecule has 0 radical (unpaired) electrons. The number of hydrogen-bond acceptors (Lipinski definition) is 6. The van der Waals surface area contributed by atoms with Crippen molar-refractivity contribution in [2.24, 2.45) is 11.7 Å². The fourth-order valence-corrected chi connectivity index (χ4v) is 2.45. The van der Waals surface area contributed by atoms with Crippen molar-refractivity contribution in [2.45, 2.75) is 71.0 Å². The van der Waals surface area contributed by atoms with E-state index in [-0.39, 0.29) is 6.42 Å². The minimum absolute atomic E-state index is 0.206. The quantitative estimate of drug-likeness (QED) is 0.377. The summed E-state index contributed by atoms with van der Waals surface area (Å²) < 4.78 is 9.89. The van der Waals surface area contributed by atoms with Crippen molar-refractivity contribution in [1.29, 1.82) is 0 Å². The maximum atomic E-state index is 12.0. The topological polar surface area (TPSA) is 95.7 Å². The zero-order valence-corrected chi connectivity index (χ0v) is 13.6.